The molecule has 1 aliphatic rings. The molecule has 0 aliphatic heterocycles. The number of aromatic nitrogens is 5. The van der Waals surface area contributed by atoms with Crippen molar-refractivity contribution < 1.29 is 31.1 Å². The SMILES string of the molecule is [B]C([B])([B])[C@@H]1CC(c2nc(-n3ccc(OCC(C)(C)C(F)(F)F)n3)ccc2C(=O)NS(=O)(=O)c2cn[nH]c2C)C(C)(C)C1([B])[B]. The van der Waals surface area contributed by atoms with Crippen molar-refractivity contribution in [2.75, 3.05) is 6.61 Å². The molecule has 4 rings (SSSR count). The van der Waals surface area contributed by atoms with Crippen molar-refractivity contribution in [2.24, 2.45) is 16.7 Å². The molecule has 2 atom stereocenters. The summed E-state index contributed by atoms with van der Waals surface area (Å²) in [6.07, 6.45) is -1.98. The minimum atomic E-state index is -4.51. The zero-order valence-corrected chi connectivity index (χ0v) is 26.1. The van der Waals surface area contributed by atoms with Gasteiger partial charge in [0.1, 0.15) is 11.5 Å². The summed E-state index contributed by atoms with van der Waals surface area (Å²) in [5, 5.41) is 6.98. The molecule has 0 saturated heterocycles. The maximum Gasteiger partial charge on any atom is 0.397 e. The first-order valence-corrected chi connectivity index (χ1v) is 15.2. The fourth-order valence-electron chi connectivity index (χ4n) is 5.29. The summed E-state index contributed by atoms with van der Waals surface area (Å²) in [5.74, 6) is -2.63. The summed E-state index contributed by atoms with van der Waals surface area (Å²) < 4.78 is 74.5. The lowest BCUT2D eigenvalue weighted by Crippen LogP contribution is -2.40. The standard InChI is InChI=1S/C26H28B5F3N6O4S/c1-13-16(11-35-37-13)45(42,43)39-21(41)14-6-7-18(40-9-8-19(38-40)44-12-22(2,3)26(32,33)34)36-20(14)15-10-17(25(29,30)31)24(27,28)23(15,4)5/h6-9,11,15,17H,10,12H2,1-5H3,(H,35,37)(H,39,41)/t15?,17-/m1/s1. The van der Waals surface area contributed by atoms with Crippen molar-refractivity contribution in [3.8, 4) is 11.7 Å². The van der Waals surface area contributed by atoms with Gasteiger partial charge in [-0.1, -0.05) is 25.0 Å². The Morgan fingerprint density at radius 2 is 1.82 bits per heavy atom. The summed E-state index contributed by atoms with van der Waals surface area (Å²) in [6.45, 7) is 6.21. The highest BCUT2D eigenvalue weighted by molar-refractivity contribution is 7.90. The average Bonchev–Trinajstić information content (AvgIpc) is 3.59. The lowest BCUT2D eigenvalue weighted by Gasteiger charge is -2.47. The number of pyridine rings is 1. The van der Waals surface area contributed by atoms with Gasteiger partial charge in [-0.3, -0.25) is 9.89 Å². The Labute approximate surface area is 266 Å². The molecule has 1 amide bonds. The highest BCUT2D eigenvalue weighted by atomic mass is 32.2. The predicted molar refractivity (Wildman–Crippen MR) is 163 cm³/mol. The second kappa shape index (κ2) is 11.3. The second-order valence-corrected chi connectivity index (χ2v) is 14.3. The molecule has 1 aliphatic carbocycles. The molecular formula is C26H28B5F3N6O4S. The highest BCUT2D eigenvalue weighted by Gasteiger charge is 2.57. The van der Waals surface area contributed by atoms with Crippen LogP contribution >= 0.6 is 0 Å². The van der Waals surface area contributed by atoms with E-state index in [0.717, 1.165) is 20.0 Å². The number of carbonyl (C=O) groups is 1. The molecule has 1 unspecified atom stereocenters. The number of amides is 1. The molecule has 3 aromatic rings. The maximum atomic E-state index is 13.6. The van der Waals surface area contributed by atoms with Gasteiger partial charge in [-0.25, -0.2) is 22.8 Å². The molecule has 228 valence electrons. The fraction of sp³-hybridized carbons (Fsp3) is 0.538. The zero-order valence-electron chi connectivity index (χ0n) is 25.3. The van der Waals surface area contributed by atoms with Gasteiger partial charge in [-0.05, 0) is 44.7 Å². The number of alkyl halides is 3. The predicted octanol–water partition coefficient (Wildman–Crippen LogP) is 2.55. The third-order valence-corrected chi connectivity index (χ3v) is 10.0. The van der Waals surface area contributed by atoms with Crippen LogP contribution in [-0.2, 0) is 10.0 Å². The molecule has 1 fully saturated rings. The van der Waals surface area contributed by atoms with Gasteiger partial charge in [-0.15, -0.1) is 10.2 Å². The van der Waals surface area contributed by atoms with Crippen molar-refractivity contribution in [3.05, 3.63) is 47.5 Å². The third-order valence-electron chi connectivity index (χ3n) is 8.57. The number of halogens is 3. The van der Waals surface area contributed by atoms with E-state index in [2.05, 4.69) is 20.3 Å². The molecular weight excluding hydrogens is 603 g/mol. The van der Waals surface area contributed by atoms with Crippen molar-refractivity contribution in [1.29, 1.82) is 0 Å². The fourth-order valence-corrected chi connectivity index (χ4v) is 6.39. The first-order chi connectivity index (χ1) is 20.4. The summed E-state index contributed by atoms with van der Waals surface area (Å²) in [4.78, 5) is 18.0. The average molecular weight is 632 g/mol. The van der Waals surface area contributed by atoms with Gasteiger partial charge in [-0.2, -0.15) is 18.3 Å². The van der Waals surface area contributed by atoms with Gasteiger partial charge in [0.25, 0.3) is 15.9 Å². The van der Waals surface area contributed by atoms with Gasteiger partial charge >= 0.3 is 6.18 Å². The van der Waals surface area contributed by atoms with Crippen LogP contribution in [0, 0.1) is 23.7 Å². The highest BCUT2D eigenvalue weighted by Crippen LogP contribution is 2.67. The minimum absolute atomic E-state index is 0.0633. The Hall–Kier alpha value is -3.10. The summed E-state index contributed by atoms with van der Waals surface area (Å²) in [7, 11) is 26.9. The van der Waals surface area contributed by atoms with Gasteiger partial charge in [0.15, 0.2) is 5.82 Å². The van der Waals surface area contributed by atoms with Gasteiger partial charge in [0.2, 0.25) is 5.88 Å². The van der Waals surface area contributed by atoms with Gasteiger partial charge in [0, 0.05) is 18.2 Å². The van der Waals surface area contributed by atoms with E-state index in [9.17, 15) is 26.4 Å². The van der Waals surface area contributed by atoms with Crippen LogP contribution in [0.1, 0.15) is 61.8 Å². The molecule has 10 radical (unpaired) electrons. The Morgan fingerprint density at radius 1 is 1.18 bits per heavy atom. The normalized spacial score (nSPS) is 20.2. The number of aryl methyl sites for hydroxylation is 1. The van der Waals surface area contributed by atoms with Crippen molar-refractivity contribution in [1.82, 2.24) is 29.7 Å². The number of aromatic amines is 1. The minimum Gasteiger partial charge on any atom is -0.476 e. The number of carbonyl (C=O) groups excluding carboxylic acids is 1. The molecule has 3 aromatic heterocycles. The number of sulfonamides is 1. The van der Waals surface area contributed by atoms with E-state index in [4.69, 9.17) is 44.0 Å². The summed E-state index contributed by atoms with van der Waals surface area (Å²) in [5.41, 5.74) is -3.05. The van der Waals surface area contributed by atoms with Gasteiger partial charge < -0.3 is 4.74 Å². The van der Waals surface area contributed by atoms with Gasteiger partial charge in [0.05, 0.1) is 67.8 Å². The molecule has 10 nitrogen and oxygen atoms in total. The Balaban J connectivity index is 1.77. The molecule has 45 heavy (non-hydrogen) atoms. The monoisotopic (exact) mass is 632 g/mol. The van der Waals surface area contributed by atoms with Crippen molar-refractivity contribution in [2.45, 2.75) is 68.4 Å². The quantitative estimate of drug-likeness (QED) is 0.347. The Morgan fingerprint density at radius 3 is 2.36 bits per heavy atom. The van der Waals surface area contributed by atoms with Crippen molar-refractivity contribution >= 4 is 55.2 Å². The van der Waals surface area contributed by atoms with Crippen LogP contribution in [-0.4, -0.2) is 91.3 Å². The molecule has 1 saturated carbocycles. The van der Waals surface area contributed by atoms with E-state index in [0.29, 0.717) is 0 Å². The lowest BCUT2D eigenvalue weighted by atomic mass is 9.28. The van der Waals surface area contributed by atoms with Crippen LogP contribution in [0.15, 0.2) is 35.5 Å². The smallest absolute Gasteiger partial charge is 0.397 e. The van der Waals surface area contributed by atoms with Crippen LogP contribution in [0.4, 0.5) is 13.2 Å². The maximum absolute atomic E-state index is 13.6. The molecule has 2 N–H and O–H groups in total. The Bertz CT molecular complexity index is 1700. The molecule has 0 bridgehead atoms. The van der Waals surface area contributed by atoms with E-state index in [1.807, 2.05) is 4.72 Å². The zero-order chi connectivity index (χ0) is 34.0. The topological polar surface area (TPSA) is 132 Å². The number of hydrogen-bond donors (Lipinski definition) is 2. The van der Waals surface area contributed by atoms with Crippen LogP contribution < -0.4 is 9.46 Å². The van der Waals surface area contributed by atoms with E-state index in [-0.39, 0.29) is 40.0 Å². The second-order valence-electron chi connectivity index (χ2n) is 12.7. The lowest BCUT2D eigenvalue weighted by molar-refractivity contribution is -0.219. The van der Waals surface area contributed by atoms with Crippen LogP contribution in [0.5, 0.6) is 5.88 Å². The number of rotatable bonds is 9. The van der Waals surface area contributed by atoms with Crippen molar-refractivity contribution in [3.63, 3.8) is 0 Å². The molecule has 3 heterocycles. The number of nitrogens with zero attached hydrogens (tertiary/aromatic N) is 4. The van der Waals surface area contributed by atoms with E-state index in [1.165, 1.54) is 36.0 Å². The van der Waals surface area contributed by atoms with E-state index in [1.54, 1.807) is 13.8 Å². The largest absolute Gasteiger partial charge is 0.476 e. The summed E-state index contributed by atoms with van der Waals surface area (Å²) in [6, 6.07) is 4.06. The number of H-pyrrole nitrogens is 1. The number of ether oxygens (including phenoxy) is 1. The van der Waals surface area contributed by atoms with Crippen LogP contribution in [0.25, 0.3) is 5.82 Å². The third kappa shape index (κ3) is 6.46. The summed E-state index contributed by atoms with van der Waals surface area (Å²) >= 11 is 0. The van der Waals surface area contributed by atoms with E-state index >= 15 is 0 Å². The Kier molecular flexibility index (Phi) is 8.74. The number of hydrogen-bond acceptors (Lipinski definition) is 7. The molecule has 0 spiro atoms. The van der Waals surface area contributed by atoms with Crippen LogP contribution in [0.2, 0.25) is 10.3 Å². The first kappa shape index (κ1) is 34.8. The first-order valence-electron chi connectivity index (χ1n) is 13.7. The molecule has 19 heteroatoms. The molecule has 0 aromatic carbocycles. The number of nitrogens with one attached hydrogen (secondary N) is 2. The van der Waals surface area contributed by atoms with E-state index < -0.39 is 61.7 Å². The van der Waals surface area contributed by atoms with Crippen LogP contribution in [0.3, 0.4) is 0 Å².